The van der Waals surface area contributed by atoms with E-state index in [-0.39, 0.29) is 4.90 Å². The molecule has 2 aromatic heterocycles. The summed E-state index contributed by atoms with van der Waals surface area (Å²) in [5.74, 6) is 0.525. The third kappa shape index (κ3) is 2.85. The van der Waals surface area contributed by atoms with Crippen molar-refractivity contribution in [1.29, 1.82) is 0 Å². The highest BCUT2D eigenvalue weighted by atomic mass is 32.2. The van der Waals surface area contributed by atoms with Crippen LogP contribution >= 0.6 is 0 Å². The van der Waals surface area contributed by atoms with Crippen molar-refractivity contribution in [3.05, 3.63) is 60.0 Å². The molecule has 0 aliphatic carbocycles. The van der Waals surface area contributed by atoms with Gasteiger partial charge in [-0.1, -0.05) is 6.07 Å². The lowest BCUT2D eigenvalue weighted by Gasteiger charge is -2.27. The van der Waals surface area contributed by atoms with Crippen molar-refractivity contribution in [2.24, 2.45) is 0 Å². The number of aromatic nitrogens is 2. The zero-order valence-corrected chi connectivity index (χ0v) is 14.5. The number of benzene rings is 1. The van der Waals surface area contributed by atoms with E-state index in [1.807, 2.05) is 12.1 Å². The number of methoxy groups -OCH3 is 1. The van der Waals surface area contributed by atoms with Crippen LogP contribution in [0.3, 0.4) is 0 Å². The van der Waals surface area contributed by atoms with Gasteiger partial charge in [0.1, 0.15) is 5.75 Å². The maximum Gasteiger partial charge on any atom is 0.243 e. The summed E-state index contributed by atoms with van der Waals surface area (Å²) in [6.07, 6.45) is 4.05. The topological polar surface area (TPSA) is 72.4 Å². The Balaban J connectivity index is 1.70. The molecular weight excluding hydrogens is 338 g/mol. The Morgan fingerprint density at radius 2 is 2.08 bits per heavy atom. The Bertz CT molecular complexity index is 1050. The summed E-state index contributed by atoms with van der Waals surface area (Å²) in [5, 5.41) is 0.918. The lowest BCUT2D eigenvalue weighted by molar-refractivity contribution is 0.387. The summed E-state index contributed by atoms with van der Waals surface area (Å²) < 4.78 is 32.6. The molecule has 4 rings (SSSR count). The minimum Gasteiger partial charge on any atom is -0.497 e. The van der Waals surface area contributed by atoms with E-state index < -0.39 is 10.0 Å². The number of hydrogen-bond acceptors (Lipinski definition) is 5. The number of nitrogens with zero attached hydrogens (tertiary/aromatic N) is 3. The van der Waals surface area contributed by atoms with Crippen molar-refractivity contribution < 1.29 is 13.2 Å². The van der Waals surface area contributed by atoms with Crippen LogP contribution in [-0.4, -0.2) is 36.3 Å². The van der Waals surface area contributed by atoms with Crippen LogP contribution in [0.1, 0.15) is 11.3 Å². The summed E-state index contributed by atoms with van der Waals surface area (Å²) in [5.41, 5.74) is 2.77. The van der Waals surface area contributed by atoms with E-state index in [1.54, 1.807) is 36.7 Å². The van der Waals surface area contributed by atoms with Gasteiger partial charge < -0.3 is 4.74 Å². The van der Waals surface area contributed by atoms with Crippen LogP contribution in [0.15, 0.2) is 53.7 Å². The molecule has 0 spiro atoms. The fraction of sp³-hybridized carbons (Fsp3) is 0.222. The minimum absolute atomic E-state index is 0.241. The van der Waals surface area contributed by atoms with Gasteiger partial charge in [0.05, 0.1) is 17.5 Å². The second kappa shape index (κ2) is 6.09. The quantitative estimate of drug-likeness (QED) is 0.721. The molecule has 0 saturated heterocycles. The van der Waals surface area contributed by atoms with E-state index >= 15 is 0 Å². The molecule has 0 amide bonds. The SMILES string of the molecule is COc1cccc(S(=O)(=O)N2CCc3nc4ccncc4cc3C2)c1. The Hall–Kier alpha value is -2.51. The van der Waals surface area contributed by atoms with Crippen molar-refractivity contribution in [1.82, 2.24) is 14.3 Å². The molecule has 128 valence electrons. The Morgan fingerprint density at radius 3 is 2.92 bits per heavy atom. The van der Waals surface area contributed by atoms with Crippen molar-refractivity contribution in [3.63, 3.8) is 0 Å². The van der Waals surface area contributed by atoms with E-state index in [0.717, 1.165) is 22.2 Å². The summed E-state index contributed by atoms with van der Waals surface area (Å²) >= 11 is 0. The second-order valence-corrected chi connectivity index (χ2v) is 7.87. The van der Waals surface area contributed by atoms with Crippen LogP contribution in [0.5, 0.6) is 5.75 Å². The van der Waals surface area contributed by atoms with Crippen molar-refractivity contribution in [2.75, 3.05) is 13.7 Å². The predicted molar refractivity (Wildman–Crippen MR) is 93.8 cm³/mol. The summed E-state index contributed by atoms with van der Waals surface area (Å²) in [6.45, 7) is 0.725. The normalized spacial score (nSPS) is 15.1. The van der Waals surface area contributed by atoms with Gasteiger partial charge in [-0.2, -0.15) is 4.31 Å². The molecular formula is C18H17N3O3S. The maximum atomic E-state index is 13.0. The molecule has 3 aromatic rings. The summed E-state index contributed by atoms with van der Waals surface area (Å²) in [4.78, 5) is 9.00. The van der Waals surface area contributed by atoms with Gasteiger partial charge in [-0.3, -0.25) is 9.97 Å². The molecule has 7 heteroatoms. The standard InChI is InChI=1S/C18H17N3O3S/c1-24-15-3-2-4-16(10-15)25(22,23)21-8-6-18-14(12-21)9-13-11-19-7-5-17(13)20-18/h2-5,7,9-11H,6,8,12H2,1H3. The Morgan fingerprint density at radius 1 is 1.20 bits per heavy atom. The molecule has 1 aliphatic heterocycles. The number of pyridine rings is 2. The van der Waals surface area contributed by atoms with Crippen molar-refractivity contribution in [2.45, 2.75) is 17.9 Å². The van der Waals surface area contributed by atoms with E-state index in [4.69, 9.17) is 4.74 Å². The average Bonchev–Trinajstić information content (AvgIpc) is 2.65. The molecule has 0 radical (unpaired) electrons. The highest BCUT2D eigenvalue weighted by Gasteiger charge is 2.29. The van der Waals surface area contributed by atoms with Crippen LogP contribution in [-0.2, 0) is 23.0 Å². The predicted octanol–water partition coefficient (Wildman–Crippen LogP) is 2.39. The highest BCUT2D eigenvalue weighted by molar-refractivity contribution is 7.89. The first-order valence-electron chi connectivity index (χ1n) is 7.94. The summed E-state index contributed by atoms with van der Waals surface area (Å²) in [7, 11) is -2.06. The third-order valence-electron chi connectivity index (χ3n) is 4.41. The first kappa shape index (κ1) is 16.0. The van der Waals surface area contributed by atoms with Crippen molar-refractivity contribution >= 4 is 20.9 Å². The van der Waals surface area contributed by atoms with Gasteiger partial charge in [0.25, 0.3) is 0 Å². The van der Waals surface area contributed by atoms with E-state index in [1.165, 1.54) is 11.4 Å². The molecule has 0 bridgehead atoms. The number of hydrogen-bond donors (Lipinski definition) is 0. The molecule has 0 unspecified atom stereocenters. The third-order valence-corrected chi connectivity index (χ3v) is 6.25. The summed E-state index contributed by atoms with van der Waals surface area (Å²) in [6, 6.07) is 10.4. The van der Waals surface area contributed by atoms with Gasteiger partial charge in [0.15, 0.2) is 0 Å². The molecule has 3 heterocycles. The molecule has 0 atom stereocenters. The van der Waals surface area contributed by atoms with Gasteiger partial charge in [-0.25, -0.2) is 8.42 Å². The largest absolute Gasteiger partial charge is 0.497 e. The number of fused-ring (bicyclic) bond motifs is 2. The lowest BCUT2D eigenvalue weighted by atomic mass is 10.1. The van der Waals surface area contributed by atoms with Gasteiger partial charge in [-0.15, -0.1) is 0 Å². The van der Waals surface area contributed by atoms with Gasteiger partial charge in [-0.05, 0) is 29.8 Å². The molecule has 1 aliphatic rings. The number of rotatable bonds is 3. The smallest absolute Gasteiger partial charge is 0.243 e. The fourth-order valence-electron chi connectivity index (χ4n) is 3.07. The van der Waals surface area contributed by atoms with Gasteiger partial charge >= 0.3 is 0 Å². The van der Waals surface area contributed by atoms with Crippen LogP contribution in [0.25, 0.3) is 10.9 Å². The van der Waals surface area contributed by atoms with Crippen molar-refractivity contribution in [3.8, 4) is 5.75 Å². The van der Waals surface area contributed by atoms with Crippen LogP contribution in [0, 0.1) is 0 Å². The molecule has 25 heavy (non-hydrogen) atoms. The van der Waals surface area contributed by atoms with Gasteiger partial charge in [0, 0.05) is 49.1 Å². The van der Waals surface area contributed by atoms with Gasteiger partial charge in [0.2, 0.25) is 10.0 Å². The lowest BCUT2D eigenvalue weighted by Crippen LogP contribution is -2.36. The first-order valence-corrected chi connectivity index (χ1v) is 9.39. The fourth-order valence-corrected chi connectivity index (χ4v) is 4.52. The number of sulfonamides is 1. The molecule has 0 saturated carbocycles. The molecule has 1 aromatic carbocycles. The Kier molecular flexibility index (Phi) is 3.89. The molecule has 0 fully saturated rings. The zero-order valence-electron chi connectivity index (χ0n) is 13.7. The second-order valence-electron chi connectivity index (χ2n) is 5.93. The molecule has 0 N–H and O–H groups in total. The maximum absolute atomic E-state index is 13.0. The highest BCUT2D eigenvalue weighted by Crippen LogP contribution is 2.27. The first-order chi connectivity index (χ1) is 12.1. The van der Waals surface area contributed by atoms with E-state index in [0.29, 0.717) is 25.3 Å². The van der Waals surface area contributed by atoms with Crippen LogP contribution < -0.4 is 4.74 Å². The molecule has 6 nitrogen and oxygen atoms in total. The Labute approximate surface area is 146 Å². The van der Waals surface area contributed by atoms with E-state index in [9.17, 15) is 8.42 Å². The number of ether oxygens (including phenoxy) is 1. The zero-order chi connectivity index (χ0) is 17.4. The monoisotopic (exact) mass is 355 g/mol. The van der Waals surface area contributed by atoms with E-state index in [2.05, 4.69) is 9.97 Å². The average molecular weight is 355 g/mol. The van der Waals surface area contributed by atoms with Crippen LogP contribution in [0.4, 0.5) is 0 Å². The van der Waals surface area contributed by atoms with Crippen LogP contribution in [0.2, 0.25) is 0 Å². The minimum atomic E-state index is -3.58.